The Labute approximate surface area is 129 Å². The van der Waals surface area contributed by atoms with Crippen molar-refractivity contribution < 1.29 is 4.74 Å². The molecule has 0 saturated heterocycles. The average Bonchev–Trinajstić information content (AvgIpc) is 2.95. The predicted octanol–water partition coefficient (Wildman–Crippen LogP) is 2.06. The van der Waals surface area contributed by atoms with Crippen LogP contribution >= 0.6 is 11.3 Å². The van der Waals surface area contributed by atoms with Gasteiger partial charge < -0.3 is 4.74 Å². The molecule has 0 radical (unpaired) electrons. The van der Waals surface area contributed by atoms with Crippen molar-refractivity contribution in [3.63, 3.8) is 0 Å². The molecule has 0 aliphatic heterocycles. The number of nitrogens with one attached hydrogen (secondary N) is 1. The Bertz CT molecular complexity index is 1000. The van der Waals surface area contributed by atoms with Crippen molar-refractivity contribution >= 4 is 21.6 Å². The van der Waals surface area contributed by atoms with Crippen LogP contribution in [0, 0.1) is 12.3 Å². The fourth-order valence-electron chi connectivity index (χ4n) is 2.29. The van der Waals surface area contributed by atoms with E-state index < -0.39 is 5.69 Å². The number of ether oxygens (including phenoxy) is 1. The summed E-state index contributed by atoms with van der Waals surface area (Å²) in [7, 11) is 1.59. The molecule has 0 aliphatic carbocycles. The van der Waals surface area contributed by atoms with Gasteiger partial charge in [-0.05, 0) is 17.7 Å². The molecule has 22 heavy (non-hydrogen) atoms. The number of terminal acetylenes is 1. The highest BCUT2D eigenvalue weighted by atomic mass is 32.1. The molecule has 2 heterocycles. The number of nitrogens with zero attached hydrogens (tertiary/aromatic N) is 1. The zero-order valence-electron chi connectivity index (χ0n) is 11.8. The van der Waals surface area contributed by atoms with Gasteiger partial charge in [-0.3, -0.25) is 9.78 Å². The van der Waals surface area contributed by atoms with Crippen LogP contribution in [-0.4, -0.2) is 16.7 Å². The molecule has 3 rings (SSSR count). The van der Waals surface area contributed by atoms with Gasteiger partial charge in [0.1, 0.15) is 10.6 Å². The summed E-state index contributed by atoms with van der Waals surface area (Å²) >= 11 is 1.32. The molecule has 0 amide bonds. The Morgan fingerprint density at radius 1 is 1.41 bits per heavy atom. The minimum Gasteiger partial charge on any atom is -0.497 e. The molecule has 0 saturated carbocycles. The van der Waals surface area contributed by atoms with Gasteiger partial charge in [-0.2, -0.15) is 0 Å². The van der Waals surface area contributed by atoms with E-state index in [9.17, 15) is 9.59 Å². The van der Waals surface area contributed by atoms with Gasteiger partial charge in [0.2, 0.25) is 0 Å². The third-order valence-corrected chi connectivity index (χ3v) is 4.24. The highest BCUT2D eigenvalue weighted by Crippen LogP contribution is 2.31. The fourth-order valence-corrected chi connectivity index (χ4v) is 3.24. The summed E-state index contributed by atoms with van der Waals surface area (Å²) in [6, 6.07) is 7.41. The van der Waals surface area contributed by atoms with Crippen molar-refractivity contribution in [1.29, 1.82) is 0 Å². The number of benzene rings is 1. The number of H-pyrrole nitrogens is 1. The van der Waals surface area contributed by atoms with Gasteiger partial charge >= 0.3 is 5.69 Å². The summed E-state index contributed by atoms with van der Waals surface area (Å²) in [5.41, 5.74) is 0.734. The molecule has 0 spiro atoms. The number of aromatic nitrogens is 2. The number of aromatic amines is 1. The number of methoxy groups -OCH3 is 1. The highest BCUT2D eigenvalue weighted by molar-refractivity contribution is 7.17. The molecule has 110 valence electrons. The van der Waals surface area contributed by atoms with E-state index in [-0.39, 0.29) is 12.1 Å². The van der Waals surface area contributed by atoms with E-state index in [4.69, 9.17) is 11.2 Å². The van der Waals surface area contributed by atoms with Gasteiger partial charge in [-0.1, -0.05) is 18.1 Å². The standard InChI is InChI=1S/C16H12N2O3S/c1-3-7-18-15(19)13-12(9-22-14(13)17-16(18)20)10-5-4-6-11(8-10)21-2/h1,4-6,8-9H,7H2,2H3,(H,17,20). The molecule has 2 aromatic heterocycles. The van der Waals surface area contributed by atoms with Crippen molar-refractivity contribution in [2.45, 2.75) is 6.54 Å². The second kappa shape index (κ2) is 5.54. The third kappa shape index (κ3) is 2.22. The summed E-state index contributed by atoms with van der Waals surface area (Å²) in [6.07, 6.45) is 5.23. The number of thiophene rings is 1. The first kappa shape index (κ1) is 14.2. The Hall–Kier alpha value is -2.78. The van der Waals surface area contributed by atoms with Crippen molar-refractivity contribution in [1.82, 2.24) is 9.55 Å². The SMILES string of the molecule is C#CCn1c(=O)[nH]c2scc(-c3cccc(OC)c3)c2c1=O. The zero-order chi connectivity index (χ0) is 15.7. The Balaban J connectivity index is 2.32. The molecule has 1 N–H and O–H groups in total. The zero-order valence-corrected chi connectivity index (χ0v) is 12.6. The minimum atomic E-state index is -0.491. The number of rotatable bonds is 3. The van der Waals surface area contributed by atoms with E-state index in [0.717, 1.165) is 15.7 Å². The summed E-state index contributed by atoms with van der Waals surface area (Å²) in [5, 5.41) is 2.31. The molecule has 0 aliphatic rings. The second-order valence-electron chi connectivity index (χ2n) is 4.61. The molecule has 6 heteroatoms. The van der Waals surface area contributed by atoms with Gasteiger partial charge in [-0.15, -0.1) is 17.8 Å². The van der Waals surface area contributed by atoms with E-state index in [1.54, 1.807) is 7.11 Å². The Morgan fingerprint density at radius 3 is 2.95 bits per heavy atom. The number of hydrogen-bond donors (Lipinski definition) is 1. The maximum atomic E-state index is 12.6. The maximum absolute atomic E-state index is 12.6. The van der Waals surface area contributed by atoms with Crippen molar-refractivity contribution in [3.8, 4) is 29.2 Å². The van der Waals surface area contributed by atoms with E-state index in [1.165, 1.54) is 11.3 Å². The van der Waals surface area contributed by atoms with Crippen LogP contribution in [0.5, 0.6) is 5.75 Å². The Kier molecular flexibility index (Phi) is 3.57. The fraction of sp³-hybridized carbons (Fsp3) is 0.125. The van der Waals surface area contributed by atoms with Crippen LogP contribution in [0.25, 0.3) is 21.3 Å². The van der Waals surface area contributed by atoms with Crippen molar-refractivity contribution in [2.24, 2.45) is 0 Å². The van der Waals surface area contributed by atoms with Crippen LogP contribution in [0.15, 0.2) is 39.2 Å². The lowest BCUT2D eigenvalue weighted by atomic mass is 10.1. The molecular formula is C16H12N2O3S. The normalized spacial score (nSPS) is 10.5. The molecule has 0 fully saturated rings. The van der Waals surface area contributed by atoms with Crippen LogP contribution in [0.1, 0.15) is 0 Å². The van der Waals surface area contributed by atoms with Gasteiger partial charge in [0, 0.05) is 10.9 Å². The molecule has 1 aromatic carbocycles. The monoisotopic (exact) mass is 312 g/mol. The number of fused-ring (bicyclic) bond motifs is 1. The van der Waals surface area contributed by atoms with Crippen LogP contribution in [0.2, 0.25) is 0 Å². The lowest BCUT2D eigenvalue weighted by Crippen LogP contribution is -2.34. The van der Waals surface area contributed by atoms with Crippen LogP contribution in [0.4, 0.5) is 0 Å². The molecule has 0 atom stereocenters. The van der Waals surface area contributed by atoms with Crippen molar-refractivity contribution in [3.05, 3.63) is 50.5 Å². The first-order chi connectivity index (χ1) is 10.7. The first-order valence-electron chi connectivity index (χ1n) is 6.48. The van der Waals surface area contributed by atoms with Crippen LogP contribution < -0.4 is 16.0 Å². The Morgan fingerprint density at radius 2 is 2.23 bits per heavy atom. The van der Waals surface area contributed by atoms with E-state index in [0.29, 0.717) is 16.0 Å². The minimum absolute atomic E-state index is 0.0580. The van der Waals surface area contributed by atoms with Gasteiger partial charge in [-0.25, -0.2) is 9.36 Å². The lowest BCUT2D eigenvalue weighted by Gasteiger charge is -2.04. The van der Waals surface area contributed by atoms with Gasteiger partial charge in [0.15, 0.2) is 0 Å². The molecule has 0 bridgehead atoms. The highest BCUT2D eigenvalue weighted by Gasteiger charge is 2.14. The molecule has 0 unspecified atom stereocenters. The number of hydrogen-bond acceptors (Lipinski definition) is 4. The molecular weight excluding hydrogens is 300 g/mol. The smallest absolute Gasteiger partial charge is 0.330 e. The van der Waals surface area contributed by atoms with E-state index >= 15 is 0 Å². The topological polar surface area (TPSA) is 64.1 Å². The molecule has 5 nitrogen and oxygen atoms in total. The van der Waals surface area contributed by atoms with Gasteiger partial charge in [0.05, 0.1) is 19.0 Å². The molecule has 3 aromatic rings. The van der Waals surface area contributed by atoms with E-state index in [1.807, 2.05) is 29.6 Å². The summed E-state index contributed by atoms with van der Waals surface area (Å²) in [4.78, 5) is 27.7. The van der Waals surface area contributed by atoms with Crippen LogP contribution in [-0.2, 0) is 6.54 Å². The quantitative estimate of drug-likeness (QED) is 0.753. The van der Waals surface area contributed by atoms with Crippen molar-refractivity contribution in [2.75, 3.05) is 7.11 Å². The van der Waals surface area contributed by atoms with Crippen LogP contribution in [0.3, 0.4) is 0 Å². The third-order valence-electron chi connectivity index (χ3n) is 3.35. The second-order valence-corrected chi connectivity index (χ2v) is 5.49. The maximum Gasteiger partial charge on any atom is 0.330 e. The summed E-state index contributed by atoms with van der Waals surface area (Å²) in [6.45, 7) is -0.0580. The van der Waals surface area contributed by atoms with E-state index in [2.05, 4.69) is 10.9 Å². The predicted molar refractivity (Wildman–Crippen MR) is 87.5 cm³/mol. The summed E-state index contributed by atoms with van der Waals surface area (Å²) < 4.78 is 6.24. The largest absolute Gasteiger partial charge is 0.497 e. The summed E-state index contributed by atoms with van der Waals surface area (Å²) in [5.74, 6) is 3.03. The van der Waals surface area contributed by atoms with Gasteiger partial charge in [0.25, 0.3) is 5.56 Å². The average molecular weight is 312 g/mol. The first-order valence-corrected chi connectivity index (χ1v) is 7.36. The lowest BCUT2D eigenvalue weighted by molar-refractivity contribution is 0.415.